The van der Waals surface area contributed by atoms with E-state index in [2.05, 4.69) is 4.72 Å². The first-order valence-corrected chi connectivity index (χ1v) is 11.9. The zero-order valence-electron chi connectivity index (χ0n) is 16.2. The van der Waals surface area contributed by atoms with Gasteiger partial charge in [0.1, 0.15) is 0 Å². The summed E-state index contributed by atoms with van der Waals surface area (Å²) < 4.78 is 27.9. The quantitative estimate of drug-likeness (QED) is 0.804. The normalized spacial score (nSPS) is 19.6. The van der Waals surface area contributed by atoms with Crippen molar-refractivity contribution >= 4 is 15.9 Å². The van der Waals surface area contributed by atoms with Crippen molar-refractivity contribution in [3.8, 4) is 0 Å². The van der Waals surface area contributed by atoms with Gasteiger partial charge in [-0.2, -0.15) is 0 Å². The molecule has 1 aromatic rings. The predicted molar refractivity (Wildman–Crippen MR) is 107 cm³/mol. The lowest BCUT2D eigenvalue weighted by Crippen LogP contribution is -2.36. The largest absolute Gasteiger partial charge is 0.343 e. The van der Waals surface area contributed by atoms with Gasteiger partial charge in [0, 0.05) is 25.6 Å². The molecule has 1 heterocycles. The second kappa shape index (κ2) is 9.69. The molecule has 5 nitrogen and oxygen atoms in total. The third-order valence-electron chi connectivity index (χ3n) is 5.75. The molecule has 27 heavy (non-hydrogen) atoms. The van der Waals surface area contributed by atoms with Gasteiger partial charge in [-0.1, -0.05) is 44.2 Å². The number of hydrogen-bond acceptors (Lipinski definition) is 3. The standard InChI is InChI=1S/C21H32N2O3S/c24-21(23-16-6-1-2-7-17-23)15-12-18-10-13-20(14-11-18)27(25,26)22-19-8-4-3-5-9-19/h10-11,13-14,19,22H,1-9,12,15-17H2. The lowest BCUT2D eigenvalue weighted by atomic mass is 9.96. The number of likely N-dealkylation sites (tertiary alicyclic amines) is 1. The van der Waals surface area contributed by atoms with Crippen molar-refractivity contribution in [1.82, 2.24) is 9.62 Å². The van der Waals surface area contributed by atoms with Gasteiger partial charge >= 0.3 is 0 Å². The fraction of sp³-hybridized carbons (Fsp3) is 0.667. The van der Waals surface area contributed by atoms with E-state index in [1.54, 1.807) is 12.1 Å². The number of hydrogen-bond donors (Lipinski definition) is 1. The molecular weight excluding hydrogens is 360 g/mol. The predicted octanol–water partition coefficient (Wildman–Crippen LogP) is 3.63. The third-order valence-corrected chi connectivity index (χ3v) is 7.28. The van der Waals surface area contributed by atoms with Gasteiger partial charge in [0.2, 0.25) is 15.9 Å². The van der Waals surface area contributed by atoms with Crippen LogP contribution in [0.3, 0.4) is 0 Å². The molecule has 150 valence electrons. The number of aryl methyl sites for hydroxylation is 1. The molecule has 1 N–H and O–H groups in total. The molecular formula is C21H32N2O3S. The number of rotatable bonds is 6. The number of amides is 1. The van der Waals surface area contributed by atoms with E-state index in [0.717, 1.165) is 57.2 Å². The molecule has 1 aliphatic carbocycles. The Bertz CT molecular complexity index is 701. The third kappa shape index (κ3) is 6.04. The van der Waals surface area contributed by atoms with Crippen molar-refractivity contribution in [3.05, 3.63) is 29.8 Å². The van der Waals surface area contributed by atoms with E-state index < -0.39 is 10.0 Å². The molecule has 0 radical (unpaired) electrons. The Morgan fingerprint density at radius 3 is 2.15 bits per heavy atom. The zero-order chi connectivity index (χ0) is 19.1. The lowest BCUT2D eigenvalue weighted by molar-refractivity contribution is -0.131. The average Bonchev–Trinajstić information content (AvgIpc) is 2.96. The smallest absolute Gasteiger partial charge is 0.240 e. The molecule has 0 aromatic heterocycles. The minimum Gasteiger partial charge on any atom is -0.343 e. The zero-order valence-corrected chi connectivity index (χ0v) is 17.0. The van der Waals surface area contributed by atoms with Crippen molar-refractivity contribution in [1.29, 1.82) is 0 Å². The molecule has 1 saturated heterocycles. The molecule has 3 rings (SSSR count). The van der Waals surface area contributed by atoms with Gasteiger partial charge in [-0.3, -0.25) is 4.79 Å². The number of nitrogens with one attached hydrogen (secondary N) is 1. The second-order valence-electron chi connectivity index (χ2n) is 7.90. The molecule has 1 aromatic carbocycles. The number of carbonyl (C=O) groups is 1. The first-order valence-electron chi connectivity index (χ1n) is 10.4. The molecule has 0 bridgehead atoms. The summed E-state index contributed by atoms with van der Waals surface area (Å²) in [7, 11) is -3.45. The Morgan fingerprint density at radius 2 is 1.52 bits per heavy atom. The van der Waals surface area contributed by atoms with Crippen LogP contribution in [-0.4, -0.2) is 38.4 Å². The molecule has 1 saturated carbocycles. The van der Waals surface area contributed by atoms with E-state index in [4.69, 9.17) is 0 Å². The molecule has 2 fully saturated rings. The summed E-state index contributed by atoms with van der Waals surface area (Å²) in [5.74, 6) is 0.215. The number of nitrogens with zero attached hydrogens (tertiary/aromatic N) is 1. The number of benzene rings is 1. The lowest BCUT2D eigenvalue weighted by Gasteiger charge is -2.22. The summed E-state index contributed by atoms with van der Waals surface area (Å²) in [4.78, 5) is 14.7. The maximum absolute atomic E-state index is 12.5. The monoisotopic (exact) mass is 392 g/mol. The van der Waals surface area contributed by atoms with Crippen LogP contribution in [0.2, 0.25) is 0 Å². The van der Waals surface area contributed by atoms with Crippen LogP contribution in [0.4, 0.5) is 0 Å². The van der Waals surface area contributed by atoms with Gasteiger partial charge in [0.25, 0.3) is 0 Å². The number of sulfonamides is 1. The highest BCUT2D eigenvalue weighted by Gasteiger charge is 2.22. The van der Waals surface area contributed by atoms with Crippen LogP contribution in [0.1, 0.15) is 69.8 Å². The van der Waals surface area contributed by atoms with Crippen molar-refractivity contribution in [2.45, 2.75) is 81.6 Å². The molecule has 6 heteroatoms. The Morgan fingerprint density at radius 1 is 0.926 bits per heavy atom. The minimum absolute atomic E-state index is 0.0645. The minimum atomic E-state index is -3.45. The summed E-state index contributed by atoms with van der Waals surface area (Å²) in [5, 5.41) is 0. The highest BCUT2D eigenvalue weighted by molar-refractivity contribution is 7.89. The fourth-order valence-corrected chi connectivity index (χ4v) is 5.38. The van der Waals surface area contributed by atoms with E-state index in [9.17, 15) is 13.2 Å². The van der Waals surface area contributed by atoms with Crippen LogP contribution in [-0.2, 0) is 21.2 Å². The summed E-state index contributed by atoms with van der Waals surface area (Å²) in [5.41, 5.74) is 1.01. The van der Waals surface area contributed by atoms with E-state index in [0.29, 0.717) is 17.7 Å². The second-order valence-corrected chi connectivity index (χ2v) is 9.61. The molecule has 0 unspecified atom stereocenters. The fourth-order valence-electron chi connectivity index (χ4n) is 4.07. The van der Waals surface area contributed by atoms with E-state index >= 15 is 0 Å². The average molecular weight is 393 g/mol. The van der Waals surface area contributed by atoms with Gasteiger partial charge in [0.15, 0.2) is 0 Å². The van der Waals surface area contributed by atoms with Crippen LogP contribution >= 0.6 is 0 Å². The summed E-state index contributed by atoms with van der Waals surface area (Å²) in [6, 6.07) is 7.07. The van der Waals surface area contributed by atoms with Crippen molar-refractivity contribution < 1.29 is 13.2 Å². The van der Waals surface area contributed by atoms with E-state index in [-0.39, 0.29) is 11.9 Å². The van der Waals surface area contributed by atoms with Crippen LogP contribution in [0.25, 0.3) is 0 Å². The molecule has 0 atom stereocenters. The van der Waals surface area contributed by atoms with Gasteiger partial charge in [0.05, 0.1) is 4.90 Å². The maximum atomic E-state index is 12.5. The van der Waals surface area contributed by atoms with Gasteiger partial charge in [-0.15, -0.1) is 0 Å². The highest BCUT2D eigenvalue weighted by atomic mass is 32.2. The molecule has 1 aliphatic heterocycles. The van der Waals surface area contributed by atoms with E-state index in [1.807, 2.05) is 17.0 Å². The van der Waals surface area contributed by atoms with Crippen LogP contribution in [0.5, 0.6) is 0 Å². The van der Waals surface area contributed by atoms with Crippen LogP contribution < -0.4 is 4.72 Å². The van der Waals surface area contributed by atoms with Crippen LogP contribution in [0.15, 0.2) is 29.2 Å². The Hall–Kier alpha value is -1.40. The molecule has 0 spiro atoms. The highest BCUT2D eigenvalue weighted by Crippen LogP contribution is 2.20. The van der Waals surface area contributed by atoms with Gasteiger partial charge in [-0.05, 0) is 49.8 Å². The Balaban J connectivity index is 1.52. The summed E-state index contributed by atoms with van der Waals surface area (Å²) in [6.07, 6.45) is 11.0. The first kappa shape index (κ1) is 20.3. The summed E-state index contributed by atoms with van der Waals surface area (Å²) in [6.45, 7) is 1.76. The van der Waals surface area contributed by atoms with Crippen molar-refractivity contribution in [2.24, 2.45) is 0 Å². The topological polar surface area (TPSA) is 66.5 Å². The van der Waals surface area contributed by atoms with Gasteiger partial charge < -0.3 is 4.90 Å². The Kier molecular flexibility index (Phi) is 7.30. The van der Waals surface area contributed by atoms with E-state index in [1.165, 1.54) is 19.3 Å². The number of carbonyl (C=O) groups excluding carboxylic acids is 1. The van der Waals surface area contributed by atoms with Crippen molar-refractivity contribution in [2.75, 3.05) is 13.1 Å². The molecule has 1 amide bonds. The maximum Gasteiger partial charge on any atom is 0.240 e. The van der Waals surface area contributed by atoms with Crippen molar-refractivity contribution in [3.63, 3.8) is 0 Å². The van der Waals surface area contributed by atoms with Gasteiger partial charge in [-0.25, -0.2) is 13.1 Å². The van der Waals surface area contributed by atoms with Crippen LogP contribution in [0, 0.1) is 0 Å². The first-order chi connectivity index (χ1) is 13.0. The molecule has 2 aliphatic rings. The Labute approximate surface area is 163 Å². The SMILES string of the molecule is O=C(CCc1ccc(S(=O)(=O)NC2CCCCC2)cc1)N1CCCCCC1. The summed E-state index contributed by atoms with van der Waals surface area (Å²) >= 11 is 0.